The van der Waals surface area contributed by atoms with Crippen LogP contribution in [0.25, 0.3) is 0 Å². The zero-order chi connectivity index (χ0) is 17.8. The second-order valence-electron chi connectivity index (χ2n) is 7.22. The van der Waals surface area contributed by atoms with Crippen LogP contribution in [-0.2, 0) is 17.9 Å². The molecule has 0 radical (unpaired) electrons. The van der Waals surface area contributed by atoms with Crippen molar-refractivity contribution in [2.24, 2.45) is 5.92 Å². The lowest BCUT2D eigenvalue weighted by Gasteiger charge is -2.28. The lowest BCUT2D eigenvalue weighted by molar-refractivity contribution is -0.133. The van der Waals surface area contributed by atoms with Crippen molar-refractivity contribution in [3.8, 4) is 0 Å². The third-order valence-electron chi connectivity index (χ3n) is 5.45. The number of nitrogens with zero attached hydrogens (tertiary/aromatic N) is 3. The highest BCUT2D eigenvalue weighted by molar-refractivity contribution is 5.84. The number of aryl methyl sites for hydroxylation is 2. The second-order valence-corrected chi connectivity index (χ2v) is 7.22. The third kappa shape index (κ3) is 3.94. The van der Waals surface area contributed by atoms with Crippen molar-refractivity contribution >= 4 is 5.91 Å². The maximum atomic E-state index is 13.3. The molecule has 4 nitrogen and oxygen atoms in total. The molecule has 0 N–H and O–H groups in total. The van der Waals surface area contributed by atoms with E-state index in [9.17, 15) is 4.79 Å². The Labute approximate surface area is 150 Å². The minimum atomic E-state index is -0.0183. The maximum absolute atomic E-state index is 13.3. The number of likely N-dealkylation sites (N-methyl/N-ethyl adjacent to an activating group) is 1. The molecule has 1 aliphatic carbocycles. The first kappa shape index (κ1) is 17.7. The lowest BCUT2D eigenvalue weighted by Crippen LogP contribution is -2.34. The molecule has 0 spiro atoms. The zero-order valence-electron chi connectivity index (χ0n) is 15.6. The molecule has 25 heavy (non-hydrogen) atoms. The summed E-state index contributed by atoms with van der Waals surface area (Å²) in [5.41, 5.74) is 3.31. The molecule has 1 atom stereocenters. The number of rotatable bonds is 6. The monoisotopic (exact) mass is 339 g/mol. The van der Waals surface area contributed by atoms with Crippen molar-refractivity contribution in [2.75, 3.05) is 7.05 Å². The van der Waals surface area contributed by atoms with E-state index in [0.717, 1.165) is 36.2 Å². The largest absolute Gasteiger partial charge is 0.341 e. The van der Waals surface area contributed by atoms with Gasteiger partial charge in [-0.05, 0) is 38.2 Å². The van der Waals surface area contributed by atoms with Gasteiger partial charge >= 0.3 is 0 Å². The van der Waals surface area contributed by atoms with Gasteiger partial charge < -0.3 is 4.90 Å². The molecule has 1 fully saturated rings. The van der Waals surface area contributed by atoms with Gasteiger partial charge in [0.25, 0.3) is 0 Å². The Morgan fingerprint density at radius 3 is 2.56 bits per heavy atom. The Bertz CT molecular complexity index is 701. The van der Waals surface area contributed by atoms with Gasteiger partial charge in [-0.1, -0.05) is 43.2 Å². The molecule has 1 aromatic carbocycles. The number of amides is 1. The smallest absolute Gasteiger partial charge is 0.230 e. The van der Waals surface area contributed by atoms with Crippen LogP contribution >= 0.6 is 0 Å². The van der Waals surface area contributed by atoms with E-state index in [1.165, 1.54) is 12.8 Å². The van der Waals surface area contributed by atoms with Crippen molar-refractivity contribution in [1.82, 2.24) is 14.7 Å². The average Bonchev–Trinajstić information content (AvgIpc) is 3.26. The van der Waals surface area contributed by atoms with Crippen molar-refractivity contribution in [2.45, 2.75) is 58.5 Å². The summed E-state index contributed by atoms with van der Waals surface area (Å²) in [6, 6.07) is 10.3. The quantitative estimate of drug-likeness (QED) is 0.793. The molecule has 1 heterocycles. The molecule has 134 valence electrons. The molecule has 0 bridgehead atoms. The molecule has 0 saturated heterocycles. The van der Waals surface area contributed by atoms with Gasteiger partial charge in [-0.3, -0.25) is 9.48 Å². The topological polar surface area (TPSA) is 38.1 Å². The van der Waals surface area contributed by atoms with E-state index in [0.29, 0.717) is 12.5 Å². The summed E-state index contributed by atoms with van der Waals surface area (Å²) in [5, 5.41) is 4.50. The van der Waals surface area contributed by atoms with Gasteiger partial charge in [-0.15, -0.1) is 0 Å². The highest BCUT2D eigenvalue weighted by atomic mass is 16.2. The SMILES string of the molecule is CCn1cc(CN(C)C(=O)[C@H](c2ccccc2)C2CCCC2)c(C)n1. The predicted octanol–water partition coefficient (Wildman–Crippen LogP) is 4.14. The highest BCUT2D eigenvalue weighted by Crippen LogP contribution is 2.38. The fourth-order valence-electron chi connectivity index (χ4n) is 4.01. The average molecular weight is 339 g/mol. The first-order valence-corrected chi connectivity index (χ1v) is 9.43. The molecule has 2 aromatic rings. The van der Waals surface area contributed by atoms with Gasteiger partial charge in [0.2, 0.25) is 5.91 Å². The summed E-state index contributed by atoms with van der Waals surface area (Å²) in [4.78, 5) is 15.2. The van der Waals surface area contributed by atoms with Crippen LogP contribution in [0.1, 0.15) is 55.3 Å². The van der Waals surface area contributed by atoms with Crippen molar-refractivity contribution in [3.63, 3.8) is 0 Å². The zero-order valence-corrected chi connectivity index (χ0v) is 15.6. The molecular formula is C21H29N3O. The van der Waals surface area contributed by atoms with Crippen LogP contribution in [0, 0.1) is 12.8 Å². The predicted molar refractivity (Wildman–Crippen MR) is 100 cm³/mol. The van der Waals surface area contributed by atoms with Crippen LogP contribution in [0.3, 0.4) is 0 Å². The molecule has 0 aliphatic heterocycles. The fourth-order valence-corrected chi connectivity index (χ4v) is 4.01. The molecule has 4 heteroatoms. The Kier molecular flexibility index (Phi) is 5.57. The van der Waals surface area contributed by atoms with E-state index in [1.54, 1.807) is 0 Å². The first-order chi connectivity index (χ1) is 12.1. The Hall–Kier alpha value is -2.10. The summed E-state index contributed by atoms with van der Waals surface area (Å²) in [5.74, 6) is 0.689. The minimum Gasteiger partial charge on any atom is -0.341 e. The van der Waals surface area contributed by atoms with E-state index in [-0.39, 0.29) is 11.8 Å². The Morgan fingerprint density at radius 2 is 1.96 bits per heavy atom. The van der Waals surface area contributed by atoms with Gasteiger partial charge in [0.05, 0.1) is 11.6 Å². The molecule has 1 aliphatic rings. The van der Waals surface area contributed by atoms with Crippen LogP contribution in [-0.4, -0.2) is 27.6 Å². The molecule has 1 saturated carbocycles. The van der Waals surface area contributed by atoms with Crippen molar-refractivity contribution in [3.05, 3.63) is 53.3 Å². The molecular weight excluding hydrogens is 310 g/mol. The van der Waals surface area contributed by atoms with E-state index >= 15 is 0 Å². The fraction of sp³-hybridized carbons (Fsp3) is 0.524. The van der Waals surface area contributed by atoms with Crippen molar-refractivity contribution < 1.29 is 4.79 Å². The number of hydrogen-bond acceptors (Lipinski definition) is 2. The van der Waals surface area contributed by atoms with Gasteiger partial charge in [-0.2, -0.15) is 5.10 Å². The lowest BCUT2D eigenvalue weighted by atomic mass is 9.83. The second kappa shape index (κ2) is 7.85. The molecule has 1 aromatic heterocycles. The number of benzene rings is 1. The van der Waals surface area contributed by atoms with E-state index < -0.39 is 0 Å². The highest BCUT2D eigenvalue weighted by Gasteiger charge is 2.33. The number of carbonyl (C=O) groups excluding carboxylic acids is 1. The number of hydrogen-bond donors (Lipinski definition) is 0. The Morgan fingerprint density at radius 1 is 1.28 bits per heavy atom. The van der Waals surface area contributed by atoms with E-state index in [4.69, 9.17) is 0 Å². The van der Waals surface area contributed by atoms with Crippen LogP contribution in [0.4, 0.5) is 0 Å². The van der Waals surface area contributed by atoms with Crippen LogP contribution < -0.4 is 0 Å². The van der Waals surface area contributed by atoms with Crippen LogP contribution in [0.2, 0.25) is 0 Å². The third-order valence-corrected chi connectivity index (χ3v) is 5.45. The normalized spacial score (nSPS) is 16.1. The van der Waals surface area contributed by atoms with Crippen LogP contribution in [0.15, 0.2) is 36.5 Å². The summed E-state index contributed by atoms with van der Waals surface area (Å²) in [6.45, 7) is 5.58. The minimum absolute atomic E-state index is 0.0183. The van der Waals surface area contributed by atoms with E-state index in [1.807, 2.05) is 41.8 Å². The summed E-state index contributed by atoms with van der Waals surface area (Å²) < 4.78 is 1.94. The molecule has 0 unspecified atom stereocenters. The maximum Gasteiger partial charge on any atom is 0.230 e. The van der Waals surface area contributed by atoms with E-state index in [2.05, 4.69) is 30.4 Å². The Balaban J connectivity index is 1.80. The van der Waals surface area contributed by atoms with Gasteiger partial charge in [0.15, 0.2) is 0 Å². The van der Waals surface area contributed by atoms with Gasteiger partial charge in [0, 0.05) is 31.9 Å². The molecule has 1 amide bonds. The number of aromatic nitrogens is 2. The van der Waals surface area contributed by atoms with Crippen molar-refractivity contribution in [1.29, 1.82) is 0 Å². The first-order valence-electron chi connectivity index (χ1n) is 9.43. The van der Waals surface area contributed by atoms with Gasteiger partial charge in [-0.25, -0.2) is 0 Å². The summed E-state index contributed by atoms with van der Waals surface area (Å²) in [6.07, 6.45) is 6.87. The number of carbonyl (C=O) groups is 1. The van der Waals surface area contributed by atoms with Gasteiger partial charge in [0.1, 0.15) is 0 Å². The summed E-state index contributed by atoms with van der Waals surface area (Å²) >= 11 is 0. The van der Waals surface area contributed by atoms with Crippen LogP contribution in [0.5, 0.6) is 0 Å². The standard InChI is InChI=1S/C21H29N3O/c1-4-24-15-19(16(2)22-24)14-23(3)21(25)20(18-12-8-9-13-18)17-10-6-5-7-11-17/h5-7,10-11,15,18,20H,4,8-9,12-14H2,1-3H3/t20-/m1/s1. The summed E-state index contributed by atoms with van der Waals surface area (Å²) in [7, 11) is 1.93. The molecule has 3 rings (SSSR count).